The largest absolute Gasteiger partial charge is 0.459 e. The van der Waals surface area contributed by atoms with E-state index >= 15 is 0 Å². The number of hydrogen-bond acceptors (Lipinski definition) is 6. The van der Waals surface area contributed by atoms with Crippen LogP contribution in [0.1, 0.15) is 5.69 Å². The molecule has 2 aromatic carbocycles. The number of thiazole rings is 1. The molecular weight excluding hydrogens is 368 g/mol. The molecule has 0 spiro atoms. The van der Waals surface area contributed by atoms with Crippen LogP contribution in [-0.4, -0.2) is 21.1 Å². The summed E-state index contributed by atoms with van der Waals surface area (Å²) in [5, 5.41) is 4.10. The molecule has 0 bridgehead atoms. The molecule has 0 aliphatic heterocycles. The van der Waals surface area contributed by atoms with E-state index < -0.39 is 0 Å². The quantitative estimate of drug-likeness (QED) is 0.389. The summed E-state index contributed by atoms with van der Waals surface area (Å²) in [5.41, 5.74) is 0.286. The average molecular weight is 382 g/mol. The zero-order valence-corrected chi connectivity index (χ0v) is 15.3. The minimum absolute atomic E-state index is 0.000748. The highest BCUT2D eigenvalue weighted by Crippen LogP contribution is 2.23. The maximum absolute atomic E-state index is 12.0. The molecule has 4 aromatic rings. The van der Waals surface area contributed by atoms with Gasteiger partial charge in [-0.15, -0.1) is 23.1 Å². The highest BCUT2D eigenvalue weighted by Gasteiger charge is 2.08. The van der Waals surface area contributed by atoms with Crippen molar-refractivity contribution in [3.63, 3.8) is 0 Å². The van der Waals surface area contributed by atoms with Crippen LogP contribution >= 0.6 is 23.1 Å². The van der Waals surface area contributed by atoms with Crippen molar-refractivity contribution < 1.29 is 9.53 Å². The smallest absolute Gasteiger partial charge is 0.316 e. The summed E-state index contributed by atoms with van der Waals surface area (Å²) in [6.45, 7) is 0.000748. The SMILES string of the molecule is O=C(CSc1ccc2ccccc2c1)OCc1cc(=O)n2ccsc2n1. The molecule has 4 rings (SSSR count). The molecule has 0 N–H and O–H groups in total. The van der Waals surface area contributed by atoms with Gasteiger partial charge >= 0.3 is 5.97 Å². The first-order valence-corrected chi connectivity index (χ1v) is 9.78. The van der Waals surface area contributed by atoms with Crippen molar-refractivity contribution in [1.82, 2.24) is 9.38 Å². The molecule has 0 fully saturated rings. The molecule has 0 aliphatic rings. The molecule has 0 amide bonds. The van der Waals surface area contributed by atoms with E-state index in [0.29, 0.717) is 10.7 Å². The van der Waals surface area contributed by atoms with Crippen LogP contribution in [0.4, 0.5) is 0 Å². The number of fused-ring (bicyclic) bond motifs is 2. The third-order valence-electron chi connectivity index (χ3n) is 3.81. The van der Waals surface area contributed by atoms with Crippen LogP contribution in [-0.2, 0) is 16.1 Å². The molecule has 2 aromatic heterocycles. The van der Waals surface area contributed by atoms with Gasteiger partial charge in [0.05, 0.1) is 11.4 Å². The van der Waals surface area contributed by atoms with Crippen molar-refractivity contribution in [1.29, 1.82) is 0 Å². The number of esters is 1. The van der Waals surface area contributed by atoms with Gasteiger partial charge in [0.15, 0.2) is 4.96 Å². The molecule has 5 nitrogen and oxygen atoms in total. The van der Waals surface area contributed by atoms with E-state index in [-0.39, 0.29) is 23.9 Å². The predicted octanol–water partition coefficient (Wildman–Crippen LogP) is 3.74. The van der Waals surface area contributed by atoms with Crippen LogP contribution in [0.15, 0.2) is 69.8 Å². The summed E-state index contributed by atoms with van der Waals surface area (Å²) >= 11 is 2.79. The lowest BCUT2D eigenvalue weighted by molar-refractivity contribution is -0.141. The molecule has 26 heavy (non-hydrogen) atoms. The highest BCUT2D eigenvalue weighted by molar-refractivity contribution is 8.00. The second-order valence-electron chi connectivity index (χ2n) is 5.60. The van der Waals surface area contributed by atoms with Gasteiger partial charge in [0.25, 0.3) is 5.56 Å². The fraction of sp³-hybridized carbons (Fsp3) is 0.105. The van der Waals surface area contributed by atoms with E-state index in [0.717, 1.165) is 10.3 Å². The minimum Gasteiger partial charge on any atom is -0.459 e. The Balaban J connectivity index is 1.36. The van der Waals surface area contributed by atoms with E-state index in [4.69, 9.17) is 4.74 Å². The summed E-state index contributed by atoms with van der Waals surface area (Å²) in [6, 6.07) is 15.6. The number of carbonyl (C=O) groups is 1. The van der Waals surface area contributed by atoms with Gasteiger partial charge < -0.3 is 4.74 Å². The number of thioether (sulfide) groups is 1. The van der Waals surface area contributed by atoms with E-state index in [2.05, 4.69) is 17.1 Å². The van der Waals surface area contributed by atoms with Gasteiger partial charge in [-0.1, -0.05) is 30.3 Å². The second kappa shape index (κ2) is 7.31. The van der Waals surface area contributed by atoms with Gasteiger partial charge in [0.2, 0.25) is 0 Å². The van der Waals surface area contributed by atoms with Crippen molar-refractivity contribution in [2.24, 2.45) is 0 Å². The molecule has 0 radical (unpaired) electrons. The number of carbonyl (C=O) groups excluding carboxylic acids is 1. The number of hydrogen-bond donors (Lipinski definition) is 0. The lowest BCUT2D eigenvalue weighted by Crippen LogP contribution is -2.15. The zero-order chi connectivity index (χ0) is 17.9. The second-order valence-corrected chi connectivity index (χ2v) is 7.52. The first kappa shape index (κ1) is 16.8. The van der Waals surface area contributed by atoms with Crippen LogP contribution in [0.25, 0.3) is 15.7 Å². The highest BCUT2D eigenvalue weighted by atomic mass is 32.2. The Hall–Kier alpha value is -2.64. The Morgan fingerprint density at radius 1 is 1.15 bits per heavy atom. The van der Waals surface area contributed by atoms with Crippen molar-refractivity contribution in [2.45, 2.75) is 11.5 Å². The van der Waals surface area contributed by atoms with Gasteiger partial charge in [-0.25, -0.2) is 4.98 Å². The van der Waals surface area contributed by atoms with Gasteiger partial charge in [-0.3, -0.25) is 14.0 Å². The van der Waals surface area contributed by atoms with E-state index in [9.17, 15) is 9.59 Å². The number of rotatable bonds is 5. The van der Waals surface area contributed by atoms with Crippen LogP contribution < -0.4 is 5.56 Å². The van der Waals surface area contributed by atoms with E-state index in [1.807, 2.05) is 30.3 Å². The topological polar surface area (TPSA) is 60.7 Å². The molecule has 0 atom stereocenters. The fourth-order valence-corrected chi connectivity index (χ4v) is 4.04. The first-order chi connectivity index (χ1) is 12.7. The molecule has 130 valence electrons. The standard InChI is InChI=1S/C19H14N2O3S2/c22-17-10-15(20-19-21(17)7-8-25-19)11-24-18(23)12-26-16-6-5-13-3-1-2-4-14(13)9-16/h1-10H,11-12H2. The van der Waals surface area contributed by atoms with Crippen LogP contribution in [0, 0.1) is 0 Å². The molecule has 7 heteroatoms. The van der Waals surface area contributed by atoms with Crippen molar-refractivity contribution in [3.8, 4) is 0 Å². The first-order valence-electron chi connectivity index (χ1n) is 7.92. The monoisotopic (exact) mass is 382 g/mol. The summed E-state index contributed by atoms with van der Waals surface area (Å²) in [7, 11) is 0. The average Bonchev–Trinajstić information content (AvgIpc) is 3.14. The number of nitrogens with zero attached hydrogens (tertiary/aromatic N) is 2. The normalized spacial score (nSPS) is 11.1. The summed E-state index contributed by atoms with van der Waals surface area (Å²) in [6.07, 6.45) is 1.67. The molecule has 2 heterocycles. The van der Waals surface area contributed by atoms with Gasteiger partial charge in [-0.2, -0.15) is 0 Å². The summed E-state index contributed by atoms with van der Waals surface area (Å²) in [4.78, 5) is 29.8. The van der Waals surface area contributed by atoms with Gasteiger partial charge in [-0.05, 0) is 22.9 Å². The summed E-state index contributed by atoms with van der Waals surface area (Å²) < 4.78 is 6.72. The Morgan fingerprint density at radius 3 is 2.88 bits per heavy atom. The molecule has 0 saturated heterocycles. The van der Waals surface area contributed by atoms with Crippen LogP contribution in [0.2, 0.25) is 0 Å². The Labute approximate surface area is 157 Å². The number of ether oxygens (including phenoxy) is 1. The molecule has 0 unspecified atom stereocenters. The van der Waals surface area contributed by atoms with Crippen molar-refractivity contribution in [3.05, 3.63) is 76.2 Å². The fourth-order valence-electron chi connectivity index (χ4n) is 2.56. The minimum atomic E-state index is -0.337. The Kier molecular flexibility index (Phi) is 4.73. The predicted molar refractivity (Wildman–Crippen MR) is 104 cm³/mol. The van der Waals surface area contributed by atoms with Gasteiger partial charge in [0.1, 0.15) is 6.61 Å². The Morgan fingerprint density at radius 2 is 2.00 bits per heavy atom. The molecule has 0 saturated carbocycles. The molecule has 0 aliphatic carbocycles. The van der Waals surface area contributed by atoms with E-state index in [1.165, 1.54) is 39.0 Å². The van der Waals surface area contributed by atoms with Crippen LogP contribution in [0.3, 0.4) is 0 Å². The third kappa shape index (κ3) is 3.63. The van der Waals surface area contributed by atoms with Crippen LogP contribution in [0.5, 0.6) is 0 Å². The maximum Gasteiger partial charge on any atom is 0.316 e. The van der Waals surface area contributed by atoms with Gasteiger partial charge in [0, 0.05) is 22.5 Å². The number of benzene rings is 2. The van der Waals surface area contributed by atoms with Crippen molar-refractivity contribution in [2.75, 3.05) is 5.75 Å². The van der Waals surface area contributed by atoms with Crippen molar-refractivity contribution >= 4 is 44.8 Å². The molecular formula is C19H14N2O3S2. The third-order valence-corrected chi connectivity index (χ3v) is 5.54. The lowest BCUT2D eigenvalue weighted by Gasteiger charge is -2.06. The Bertz CT molecular complexity index is 1150. The maximum atomic E-state index is 12.0. The summed E-state index contributed by atoms with van der Waals surface area (Å²) in [5.74, 6) is -0.130. The zero-order valence-electron chi connectivity index (χ0n) is 13.6. The number of aromatic nitrogens is 2. The lowest BCUT2D eigenvalue weighted by atomic mass is 10.1. The van der Waals surface area contributed by atoms with E-state index in [1.54, 1.807) is 11.6 Å².